The van der Waals surface area contributed by atoms with E-state index in [2.05, 4.69) is 5.32 Å². The number of aryl methyl sites for hydroxylation is 1. The van der Waals surface area contributed by atoms with Gasteiger partial charge in [-0.1, -0.05) is 12.1 Å². The molecule has 1 aliphatic rings. The Morgan fingerprint density at radius 3 is 2.34 bits per heavy atom. The second-order valence-corrected chi connectivity index (χ2v) is 8.90. The Morgan fingerprint density at radius 2 is 1.69 bits per heavy atom. The highest BCUT2D eigenvalue weighted by atomic mass is 19.1. The van der Waals surface area contributed by atoms with Crippen molar-refractivity contribution in [2.45, 2.75) is 32.8 Å². The fourth-order valence-corrected chi connectivity index (χ4v) is 4.51. The van der Waals surface area contributed by atoms with Crippen LogP contribution in [0.2, 0.25) is 0 Å². The lowest BCUT2D eigenvalue weighted by atomic mass is 9.84. The number of halogens is 1. The molecule has 7 heteroatoms. The summed E-state index contributed by atoms with van der Waals surface area (Å²) in [4.78, 5) is 37.8. The Labute approximate surface area is 200 Å². The summed E-state index contributed by atoms with van der Waals surface area (Å²) in [7, 11) is 0. The van der Waals surface area contributed by atoms with E-state index in [9.17, 15) is 18.8 Å². The van der Waals surface area contributed by atoms with Crippen LogP contribution in [0.3, 0.4) is 0 Å². The zero-order chi connectivity index (χ0) is 24.9. The standard InChI is InChI=1S/C28H22FNO5/c1-15-24-22(34-26(15)27(33)30-20-10-4-17(5-11-20)16(2)31)12-13-23-25(24)21(32)14-28(3,35-23)18-6-8-19(29)9-7-18/h4-13H,14H2,1-3H3,(H,30,33). The monoisotopic (exact) mass is 471 g/mol. The van der Waals surface area contributed by atoms with E-state index < -0.39 is 11.5 Å². The Kier molecular flexibility index (Phi) is 5.28. The van der Waals surface area contributed by atoms with E-state index in [-0.39, 0.29) is 29.6 Å². The Balaban J connectivity index is 1.49. The van der Waals surface area contributed by atoms with Crippen LogP contribution < -0.4 is 10.1 Å². The average molecular weight is 471 g/mol. The number of fused-ring (bicyclic) bond motifs is 3. The molecule has 5 rings (SSSR count). The molecule has 0 bridgehead atoms. The largest absolute Gasteiger partial charge is 0.482 e. The first-order valence-corrected chi connectivity index (χ1v) is 11.1. The smallest absolute Gasteiger partial charge is 0.291 e. The van der Waals surface area contributed by atoms with Crippen molar-refractivity contribution in [3.05, 3.63) is 94.5 Å². The van der Waals surface area contributed by atoms with Gasteiger partial charge < -0.3 is 14.5 Å². The highest BCUT2D eigenvalue weighted by molar-refractivity contribution is 6.15. The minimum atomic E-state index is -0.949. The number of furan rings is 1. The highest BCUT2D eigenvalue weighted by Crippen LogP contribution is 2.44. The number of Topliss-reactive ketones (excluding diaryl/α,β-unsaturated/α-hetero) is 2. The van der Waals surface area contributed by atoms with Gasteiger partial charge in [0.2, 0.25) is 0 Å². The van der Waals surface area contributed by atoms with E-state index in [4.69, 9.17) is 9.15 Å². The van der Waals surface area contributed by atoms with Gasteiger partial charge in [-0.3, -0.25) is 14.4 Å². The minimum absolute atomic E-state index is 0.0550. The second-order valence-electron chi connectivity index (χ2n) is 8.90. The Bertz CT molecular complexity index is 1500. The van der Waals surface area contributed by atoms with Gasteiger partial charge in [0.25, 0.3) is 5.91 Å². The zero-order valence-corrected chi connectivity index (χ0v) is 19.4. The number of hydrogen-bond donors (Lipinski definition) is 1. The predicted octanol–water partition coefficient (Wildman–Crippen LogP) is 6.22. The van der Waals surface area contributed by atoms with E-state index in [1.165, 1.54) is 19.1 Å². The topological polar surface area (TPSA) is 85.6 Å². The van der Waals surface area contributed by atoms with Crippen molar-refractivity contribution in [1.29, 1.82) is 0 Å². The fraction of sp³-hybridized carbons (Fsp3) is 0.179. The van der Waals surface area contributed by atoms with Crippen molar-refractivity contribution >= 4 is 34.1 Å². The molecule has 0 radical (unpaired) electrons. The molecule has 35 heavy (non-hydrogen) atoms. The maximum absolute atomic E-state index is 13.4. The van der Waals surface area contributed by atoms with Gasteiger partial charge in [0, 0.05) is 22.2 Å². The first-order valence-electron chi connectivity index (χ1n) is 11.1. The number of amides is 1. The van der Waals surface area contributed by atoms with Crippen LogP contribution in [0.15, 0.2) is 65.1 Å². The van der Waals surface area contributed by atoms with Crippen molar-refractivity contribution < 1.29 is 27.9 Å². The predicted molar refractivity (Wildman–Crippen MR) is 129 cm³/mol. The summed E-state index contributed by atoms with van der Waals surface area (Å²) in [6, 6.07) is 15.8. The van der Waals surface area contributed by atoms with E-state index in [1.807, 2.05) is 0 Å². The van der Waals surface area contributed by atoms with Crippen LogP contribution in [0, 0.1) is 12.7 Å². The van der Waals surface area contributed by atoms with Crippen molar-refractivity contribution in [2.75, 3.05) is 5.32 Å². The first kappa shape index (κ1) is 22.5. The number of hydrogen-bond acceptors (Lipinski definition) is 5. The molecule has 1 atom stereocenters. The summed E-state index contributed by atoms with van der Waals surface area (Å²) in [6.45, 7) is 4.99. The summed E-state index contributed by atoms with van der Waals surface area (Å²) in [5.74, 6) is -0.581. The van der Waals surface area contributed by atoms with Gasteiger partial charge >= 0.3 is 0 Å². The van der Waals surface area contributed by atoms with Crippen LogP contribution in [0.4, 0.5) is 10.1 Å². The van der Waals surface area contributed by atoms with Crippen LogP contribution in [0.1, 0.15) is 62.7 Å². The van der Waals surface area contributed by atoms with Gasteiger partial charge in [-0.05, 0) is 74.9 Å². The molecule has 1 N–H and O–H groups in total. The first-order chi connectivity index (χ1) is 16.7. The van der Waals surface area contributed by atoms with E-state index in [0.29, 0.717) is 44.7 Å². The maximum atomic E-state index is 13.4. The molecule has 1 amide bonds. The van der Waals surface area contributed by atoms with Crippen LogP contribution >= 0.6 is 0 Å². The number of rotatable bonds is 4. The molecule has 0 fully saturated rings. The van der Waals surface area contributed by atoms with Gasteiger partial charge in [-0.15, -0.1) is 0 Å². The summed E-state index contributed by atoms with van der Waals surface area (Å²) in [5, 5.41) is 3.30. The molecular formula is C28H22FNO5. The number of benzene rings is 3. The highest BCUT2D eigenvalue weighted by Gasteiger charge is 2.40. The van der Waals surface area contributed by atoms with E-state index in [1.54, 1.807) is 62.4 Å². The van der Waals surface area contributed by atoms with Gasteiger partial charge in [-0.25, -0.2) is 4.39 Å². The lowest BCUT2D eigenvalue weighted by molar-refractivity contribution is 0.0507. The minimum Gasteiger partial charge on any atom is -0.482 e. The molecule has 2 heterocycles. The molecule has 4 aromatic rings. The van der Waals surface area contributed by atoms with Crippen molar-refractivity contribution in [1.82, 2.24) is 0 Å². The van der Waals surface area contributed by atoms with Crippen molar-refractivity contribution in [3.8, 4) is 5.75 Å². The lowest BCUT2D eigenvalue weighted by Gasteiger charge is -2.35. The number of carbonyl (C=O) groups is 3. The van der Waals surface area contributed by atoms with Crippen molar-refractivity contribution in [2.24, 2.45) is 0 Å². The SMILES string of the molecule is CC(=O)c1ccc(NC(=O)c2oc3ccc4c(c3c2C)C(=O)CC(C)(c2ccc(F)cc2)O4)cc1. The molecule has 0 aliphatic carbocycles. The molecule has 1 aliphatic heterocycles. The summed E-state index contributed by atoms with van der Waals surface area (Å²) < 4.78 is 25.5. The fourth-order valence-electron chi connectivity index (χ4n) is 4.51. The average Bonchev–Trinajstić information content (AvgIpc) is 3.16. The van der Waals surface area contributed by atoms with Crippen molar-refractivity contribution in [3.63, 3.8) is 0 Å². The summed E-state index contributed by atoms with van der Waals surface area (Å²) in [6.07, 6.45) is 0.0550. The number of anilines is 1. The third-order valence-electron chi connectivity index (χ3n) is 6.38. The molecule has 0 saturated heterocycles. The molecule has 176 valence electrons. The lowest BCUT2D eigenvalue weighted by Crippen LogP contribution is -2.36. The van der Waals surface area contributed by atoms with Crippen LogP contribution in [0.5, 0.6) is 5.75 Å². The van der Waals surface area contributed by atoms with Crippen LogP contribution in [-0.4, -0.2) is 17.5 Å². The van der Waals surface area contributed by atoms with Gasteiger partial charge in [-0.2, -0.15) is 0 Å². The van der Waals surface area contributed by atoms with Crippen LogP contribution in [-0.2, 0) is 5.60 Å². The molecule has 1 aromatic heterocycles. The number of carbonyl (C=O) groups excluding carboxylic acids is 3. The van der Waals surface area contributed by atoms with Gasteiger partial charge in [0.15, 0.2) is 17.3 Å². The summed E-state index contributed by atoms with van der Waals surface area (Å²) >= 11 is 0. The molecule has 3 aromatic carbocycles. The molecule has 0 saturated carbocycles. The second kappa shape index (κ2) is 8.20. The quantitative estimate of drug-likeness (QED) is 0.357. The van der Waals surface area contributed by atoms with E-state index in [0.717, 1.165) is 0 Å². The van der Waals surface area contributed by atoms with Gasteiger partial charge in [0.1, 0.15) is 22.8 Å². The Morgan fingerprint density at radius 1 is 1.00 bits per heavy atom. The number of nitrogens with one attached hydrogen (secondary N) is 1. The molecule has 6 nitrogen and oxygen atoms in total. The molecular weight excluding hydrogens is 449 g/mol. The third kappa shape index (κ3) is 3.89. The van der Waals surface area contributed by atoms with E-state index >= 15 is 0 Å². The summed E-state index contributed by atoms with van der Waals surface area (Å²) in [5.41, 5.74) is 2.09. The third-order valence-corrected chi connectivity index (χ3v) is 6.38. The zero-order valence-electron chi connectivity index (χ0n) is 19.4. The van der Waals surface area contributed by atoms with Gasteiger partial charge in [0.05, 0.1) is 12.0 Å². The molecule has 0 spiro atoms. The van der Waals surface area contributed by atoms with Crippen LogP contribution in [0.25, 0.3) is 11.0 Å². The number of ether oxygens (including phenoxy) is 1. The number of ketones is 2. The Hall–Kier alpha value is -4.26. The molecule has 1 unspecified atom stereocenters. The maximum Gasteiger partial charge on any atom is 0.291 e. The normalized spacial score (nSPS) is 17.1.